The third-order valence-corrected chi connectivity index (χ3v) is 3.94. The third kappa shape index (κ3) is 3.04. The molecular weight excluding hydrogens is 349 g/mol. The highest BCUT2D eigenvalue weighted by Gasteiger charge is 2.07. The van der Waals surface area contributed by atoms with Gasteiger partial charge in [0.25, 0.3) is 0 Å². The number of halogens is 2. The number of anilines is 1. The lowest BCUT2D eigenvalue weighted by Gasteiger charge is -2.11. The van der Waals surface area contributed by atoms with Gasteiger partial charge in [-0.05, 0) is 54.4 Å². The molecule has 3 nitrogen and oxygen atoms in total. The summed E-state index contributed by atoms with van der Waals surface area (Å²) in [5.74, 6) is -0.265. The van der Waals surface area contributed by atoms with Gasteiger partial charge in [-0.2, -0.15) is 0 Å². The Morgan fingerprint density at radius 1 is 1.18 bits per heavy atom. The average Bonchev–Trinajstić information content (AvgIpc) is 2.45. The lowest BCUT2D eigenvalue weighted by atomic mass is 10.1. The first-order valence-corrected chi connectivity index (χ1v) is 7.54. The first-order valence-electron chi connectivity index (χ1n) is 6.75. The summed E-state index contributed by atoms with van der Waals surface area (Å²) in [6.45, 7) is 2.29. The van der Waals surface area contributed by atoms with Crippen molar-refractivity contribution in [3.05, 3.63) is 74.3 Å². The lowest BCUT2D eigenvalue weighted by Crippen LogP contribution is -2.06. The van der Waals surface area contributed by atoms with Crippen molar-refractivity contribution in [2.24, 2.45) is 0 Å². The molecule has 0 unspecified atom stereocenters. The van der Waals surface area contributed by atoms with Crippen molar-refractivity contribution in [2.45, 2.75) is 13.5 Å². The van der Waals surface area contributed by atoms with Crippen LogP contribution in [0.1, 0.15) is 11.1 Å². The van der Waals surface area contributed by atoms with E-state index in [1.54, 1.807) is 12.1 Å². The van der Waals surface area contributed by atoms with E-state index in [2.05, 4.69) is 21.2 Å². The van der Waals surface area contributed by atoms with Crippen molar-refractivity contribution in [2.75, 3.05) is 5.32 Å². The predicted molar refractivity (Wildman–Crippen MR) is 88.6 cm³/mol. The Balaban J connectivity index is 1.95. The van der Waals surface area contributed by atoms with E-state index in [1.807, 2.05) is 19.1 Å². The highest BCUT2D eigenvalue weighted by atomic mass is 79.9. The lowest BCUT2D eigenvalue weighted by molar-refractivity contribution is 0.559. The van der Waals surface area contributed by atoms with Crippen LogP contribution < -0.4 is 10.9 Å². The molecule has 2 aromatic carbocycles. The number of benzene rings is 2. The van der Waals surface area contributed by atoms with Gasteiger partial charge in [0, 0.05) is 28.2 Å². The van der Waals surface area contributed by atoms with Crippen LogP contribution in [-0.4, -0.2) is 0 Å². The fourth-order valence-electron chi connectivity index (χ4n) is 2.37. The Labute approximate surface area is 134 Å². The fourth-order valence-corrected chi connectivity index (χ4v) is 2.71. The van der Waals surface area contributed by atoms with Crippen molar-refractivity contribution >= 4 is 32.6 Å². The van der Waals surface area contributed by atoms with Gasteiger partial charge in [-0.3, -0.25) is 0 Å². The van der Waals surface area contributed by atoms with Gasteiger partial charge in [0.15, 0.2) is 0 Å². The van der Waals surface area contributed by atoms with E-state index in [4.69, 9.17) is 4.42 Å². The summed E-state index contributed by atoms with van der Waals surface area (Å²) in [6, 6.07) is 11.6. The summed E-state index contributed by atoms with van der Waals surface area (Å²) in [6.07, 6.45) is 0. The number of fused-ring (bicyclic) bond motifs is 1. The monoisotopic (exact) mass is 361 g/mol. The molecule has 1 heterocycles. The molecule has 3 aromatic rings. The van der Waals surface area contributed by atoms with Crippen LogP contribution >= 0.6 is 15.9 Å². The SMILES string of the molecule is Cc1cc(F)ccc1NCc1cc(=O)oc2cc(Br)ccc12. The molecule has 0 fully saturated rings. The molecule has 1 aromatic heterocycles. The number of hydrogen-bond acceptors (Lipinski definition) is 3. The molecule has 0 aliphatic rings. The van der Waals surface area contributed by atoms with E-state index in [9.17, 15) is 9.18 Å². The molecule has 0 bridgehead atoms. The smallest absolute Gasteiger partial charge is 0.336 e. The highest BCUT2D eigenvalue weighted by molar-refractivity contribution is 9.10. The van der Waals surface area contributed by atoms with E-state index in [0.717, 1.165) is 26.7 Å². The Kier molecular flexibility index (Phi) is 3.98. The van der Waals surface area contributed by atoms with Gasteiger partial charge < -0.3 is 9.73 Å². The average molecular weight is 362 g/mol. The standard InChI is InChI=1S/C17H13BrFNO2/c1-10-6-13(19)3-5-15(10)20-9-11-7-17(21)22-16-8-12(18)2-4-14(11)16/h2-8,20H,9H2,1H3. The summed E-state index contributed by atoms with van der Waals surface area (Å²) in [7, 11) is 0. The zero-order chi connectivity index (χ0) is 15.7. The zero-order valence-corrected chi connectivity index (χ0v) is 13.4. The van der Waals surface area contributed by atoms with Crippen LogP contribution in [-0.2, 0) is 6.54 Å². The second kappa shape index (κ2) is 5.93. The summed E-state index contributed by atoms with van der Waals surface area (Å²) in [4.78, 5) is 11.7. The summed E-state index contributed by atoms with van der Waals surface area (Å²) < 4.78 is 19.2. The van der Waals surface area contributed by atoms with Crippen LogP contribution in [0.3, 0.4) is 0 Å². The van der Waals surface area contributed by atoms with Crippen LogP contribution in [0.4, 0.5) is 10.1 Å². The van der Waals surface area contributed by atoms with Crippen molar-refractivity contribution in [3.63, 3.8) is 0 Å². The van der Waals surface area contributed by atoms with Crippen molar-refractivity contribution in [3.8, 4) is 0 Å². The molecule has 0 atom stereocenters. The molecule has 0 saturated heterocycles. The van der Waals surface area contributed by atoms with Gasteiger partial charge in [-0.15, -0.1) is 0 Å². The predicted octanol–water partition coefficient (Wildman–Crippen LogP) is 4.62. The maximum absolute atomic E-state index is 13.1. The maximum atomic E-state index is 13.1. The van der Waals surface area contributed by atoms with Gasteiger partial charge in [0.05, 0.1) is 0 Å². The molecule has 0 amide bonds. The Morgan fingerprint density at radius 2 is 2.00 bits per heavy atom. The minimum absolute atomic E-state index is 0.265. The maximum Gasteiger partial charge on any atom is 0.336 e. The normalized spacial score (nSPS) is 10.9. The van der Waals surface area contributed by atoms with E-state index >= 15 is 0 Å². The quantitative estimate of drug-likeness (QED) is 0.692. The van der Waals surface area contributed by atoms with Gasteiger partial charge in [0.2, 0.25) is 0 Å². The topological polar surface area (TPSA) is 42.2 Å². The minimum Gasteiger partial charge on any atom is -0.423 e. The molecule has 0 spiro atoms. The Bertz CT molecular complexity index is 905. The van der Waals surface area contributed by atoms with Crippen molar-refractivity contribution in [1.29, 1.82) is 0 Å². The number of rotatable bonds is 3. The molecule has 0 aliphatic heterocycles. The van der Waals surface area contributed by atoms with Gasteiger partial charge in [-0.25, -0.2) is 9.18 Å². The van der Waals surface area contributed by atoms with E-state index in [-0.39, 0.29) is 5.82 Å². The number of aryl methyl sites for hydroxylation is 1. The van der Waals surface area contributed by atoms with Crippen LogP contribution in [0.25, 0.3) is 11.0 Å². The molecule has 0 aliphatic carbocycles. The first kappa shape index (κ1) is 14.8. The molecule has 5 heteroatoms. The second-order valence-corrected chi connectivity index (χ2v) is 5.96. The van der Waals surface area contributed by atoms with Crippen molar-refractivity contribution in [1.82, 2.24) is 0 Å². The minimum atomic E-state index is -0.391. The van der Waals surface area contributed by atoms with Crippen molar-refractivity contribution < 1.29 is 8.81 Å². The zero-order valence-electron chi connectivity index (χ0n) is 11.8. The molecule has 3 rings (SSSR count). The Morgan fingerprint density at radius 3 is 2.77 bits per heavy atom. The molecular formula is C17H13BrFNO2. The summed E-state index contributed by atoms with van der Waals surface area (Å²) in [5, 5.41) is 4.10. The molecule has 112 valence electrons. The van der Waals surface area contributed by atoms with Crippen LogP contribution in [0.5, 0.6) is 0 Å². The highest BCUT2D eigenvalue weighted by Crippen LogP contribution is 2.23. The third-order valence-electron chi connectivity index (χ3n) is 3.45. The second-order valence-electron chi connectivity index (χ2n) is 5.04. The largest absolute Gasteiger partial charge is 0.423 e. The first-order chi connectivity index (χ1) is 10.5. The van der Waals surface area contributed by atoms with E-state index < -0.39 is 5.63 Å². The fraction of sp³-hybridized carbons (Fsp3) is 0.118. The van der Waals surface area contributed by atoms with E-state index in [0.29, 0.717) is 12.1 Å². The van der Waals surface area contributed by atoms with E-state index in [1.165, 1.54) is 18.2 Å². The molecule has 22 heavy (non-hydrogen) atoms. The number of hydrogen-bond donors (Lipinski definition) is 1. The van der Waals surface area contributed by atoms with Gasteiger partial charge >= 0.3 is 5.63 Å². The number of nitrogens with one attached hydrogen (secondary N) is 1. The molecule has 0 saturated carbocycles. The van der Waals surface area contributed by atoms with Crippen LogP contribution in [0.15, 0.2) is 56.1 Å². The van der Waals surface area contributed by atoms with Crippen LogP contribution in [0.2, 0.25) is 0 Å². The summed E-state index contributed by atoms with van der Waals surface area (Å²) in [5.41, 5.74) is 2.63. The van der Waals surface area contributed by atoms with Crippen LogP contribution in [0, 0.1) is 12.7 Å². The van der Waals surface area contributed by atoms with Gasteiger partial charge in [-0.1, -0.05) is 15.9 Å². The molecule has 1 N–H and O–H groups in total. The summed E-state index contributed by atoms with van der Waals surface area (Å²) >= 11 is 3.36. The van der Waals surface area contributed by atoms with Gasteiger partial charge in [0.1, 0.15) is 11.4 Å². The Hall–Kier alpha value is -2.14. The molecule has 0 radical (unpaired) electrons.